The van der Waals surface area contributed by atoms with Crippen LogP contribution in [0.15, 0.2) is 103 Å². The molecule has 0 unspecified atom stereocenters. The molecule has 0 saturated carbocycles. The Morgan fingerprint density at radius 1 is 0.556 bits per heavy atom. The summed E-state index contributed by atoms with van der Waals surface area (Å²) in [6, 6.07) is 39.1. The molecule has 1 nitrogen and oxygen atoms in total. The van der Waals surface area contributed by atoms with Crippen molar-refractivity contribution in [3.05, 3.63) is 109 Å². The SMILES string of the molecule is [c]1ccc(Nc2ccc3ccccc3c2-c2cccc3ccccc23)cc1. The van der Waals surface area contributed by atoms with E-state index in [1.807, 2.05) is 24.3 Å². The van der Waals surface area contributed by atoms with Gasteiger partial charge in [0.1, 0.15) is 0 Å². The minimum atomic E-state index is 1.06. The van der Waals surface area contributed by atoms with E-state index in [2.05, 4.69) is 90.2 Å². The Labute approximate surface area is 158 Å². The average molecular weight is 344 g/mol. The summed E-state index contributed by atoms with van der Waals surface area (Å²) in [7, 11) is 0. The van der Waals surface area contributed by atoms with Gasteiger partial charge in [-0.3, -0.25) is 0 Å². The highest BCUT2D eigenvalue weighted by atomic mass is 14.9. The lowest BCUT2D eigenvalue weighted by Crippen LogP contribution is -1.95. The van der Waals surface area contributed by atoms with Crippen molar-refractivity contribution in [3.63, 3.8) is 0 Å². The van der Waals surface area contributed by atoms with Crippen molar-refractivity contribution < 1.29 is 0 Å². The fourth-order valence-electron chi connectivity index (χ4n) is 3.74. The summed E-state index contributed by atoms with van der Waals surface area (Å²) in [5, 5.41) is 8.62. The van der Waals surface area contributed by atoms with Gasteiger partial charge in [0, 0.05) is 16.9 Å². The highest BCUT2D eigenvalue weighted by Gasteiger charge is 2.13. The molecule has 0 aromatic heterocycles. The van der Waals surface area contributed by atoms with E-state index in [4.69, 9.17) is 0 Å². The third-order valence-corrected chi connectivity index (χ3v) is 4.99. The summed E-state index contributed by atoms with van der Waals surface area (Å²) >= 11 is 0. The van der Waals surface area contributed by atoms with Crippen molar-refractivity contribution in [2.24, 2.45) is 0 Å². The van der Waals surface area contributed by atoms with Crippen LogP contribution in [0.3, 0.4) is 0 Å². The summed E-state index contributed by atoms with van der Waals surface area (Å²) < 4.78 is 0. The van der Waals surface area contributed by atoms with Crippen molar-refractivity contribution in [2.75, 3.05) is 5.32 Å². The molecule has 27 heavy (non-hydrogen) atoms. The quantitative estimate of drug-likeness (QED) is 0.365. The Kier molecular flexibility index (Phi) is 3.84. The van der Waals surface area contributed by atoms with Gasteiger partial charge in [-0.2, -0.15) is 0 Å². The molecule has 5 aromatic carbocycles. The lowest BCUT2D eigenvalue weighted by molar-refractivity contribution is 1.56. The highest BCUT2D eigenvalue weighted by molar-refractivity contribution is 6.10. The molecular weight excluding hydrogens is 326 g/mol. The molecular formula is C26H18N. The van der Waals surface area contributed by atoms with Gasteiger partial charge in [-0.05, 0) is 51.4 Å². The molecule has 1 N–H and O–H groups in total. The predicted octanol–water partition coefficient (Wildman–Crippen LogP) is 7.20. The van der Waals surface area contributed by atoms with E-state index in [-0.39, 0.29) is 0 Å². The summed E-state index contributed by atoms with van der Waals surface area (Å²) in [4.78, 5) is 0. The van der Waals surface area contributed by atoms with Gasteiger partial charge in [0.15, 0.2) is 0 Å². The Hall–Kier alpha value is -3.58. The maximum absolute atomic E-state index is 3.61. The Balaban J connectivity index is 1.82. The number of anilines is 2. The van der Waals surface area contributed by atoms with Crippen molar-refractivity contribution >= 4 is 32.9 Å². The van der Waals surface area contributed by atoms with Crippen LogP contribution in [-0.4, -0.2) is 0 Å². The first-order valence-electron chi connectivity index (χ1n) is 9.13. The Morgan fingerprint density at radius 3 is 2.04 bits per heavy atom. The molecule has 0 aliphatic rings. The maximum atomic E-state index is 3.61. The van der Waals surface area contributed by atoms with Gasteiger partial charge < -0.3 is 5.32 Å². The minimum Gasteiger partial charge on any atom is -0.355 e. The third kappa shape index (κ3) is 2.84. The molecule has 5 aromatic rings. The van der Waals surface area contributed by atoms with Gasteiger partial charge in [0.25, 0.3) is 0 Å². The van der Waals surface area contributed by atoms with E-state index >= 15 is 0 Å². The van der Waals surface area contributed by atoms with E-state index in [1.165, 1.54) is 32.7 Å². The van der Waals surface area contributed by atoms with Gasteiger partial charge in [0.05, 0.1) is 0 Å². The molecule has 0 fully saturated rings. The first-order chi connectivity index (χ1) is 13.4. The van der Waals surface area contributed by atoms with Gasteiger partial charge in [-0.25, -0.2) is 0 Å². The van der Waals surface area contributed by atoms with Gasteiger partial charge in [-0.1, -0.05) is 84.9 Å². The summed E-state index contributed by atoms with van der Waals surface area (Å²) in [5.41, 5.74) is 4.65. The fraction of sp³-hybridized carbons (Fsp3) is 0. The van der Waals surface area contributed by atoms with Crippen LogP contribution in [0, 0.1) is 6.07 Å². The van der Waals surface area contributed by atoms with Gasteiger partial charge >= 0.3 is 0 Å². The molecule has 0 aliphatic heterocycles. The first-order valence-corrected chi connectivity index (χ1v) is 9.13. The zero-order valence-corrected chi connectivity index (χ0v) is 14.8. The maximum Gasteiger partial charge on any atom is 0.0470 e. The zero-order valence-electron chi connectivity index (χ0n) is 14.8. The largest absolute Gasteiger partial charge is 0.355 e. The highest BCUT2D eigenvalue weighted by Crippen LogP contribution is 2.40. The molecule has 127 valence electrons. The van der Waals surface area contributed by atoms with Gasteiger partial charge in [-0.15, -0.1) is 0 Å². The van der Waals surface area contributed by atoms with Crippen molar-refractivity contribution in [1.82, 2.24) is 0 Å². The molecule has 1 radical (unpaired) electrons. The Bertz CT molecular complexity index is 1230. The van der Waals surface area contributed by atoms with Gasteiger partial charge in [0.2, 0.25) is 0 Å². The normalized spacial score (nSPS) is 11.0. The van der Waals surface area contributed by atoms with Crippen LogP contribution in [0.1, 0.15) is 0 Å². The fourth-order valence-corrected chi connectivity index (χ4v) is 3.74. The van der Waals surface area contributed by atoms with E-state index in [0.717, 1.165) is 11.4 Å². The topological polar surface area (TPSA) is 12.0 Å². The van der Waals surface area contributed by atoms with Crippen LogP contribution in [0.5, 0.6) is 0 Å². The van der Waals surface area contributed by atoms with Crippen LogP contribution in [0.25, 0.3) is 32.7 Å². The molecule has 0 amide bonds. The predicted molar refractivity (Wildman–Crippen MR) is 115 cm³/mol. The average Bonchev–Trinajstić information content (AvgIpc) is 2.74. The third-order valence-electron chi connectivity index (χ3n) is 4.99. The molecule has 0 atom stereocenters. The van der Waals surface area contributed by atoms with Crippen molar-refractivity contribution in [2.45, 2.75) is 0 Å². The smallest absolute Gasteiger partial charge is 0.0470 e. The van der Waals surface area contributed by atoms with Crippen LogP contribution < -0.4 is 5.32 Å². The molecule has 0 saturated heterocycles. The summed E-state index contributed by atoms with van der Waals surface area (Å²) in [6.45, 7) is 0. The monoisotopic (exact) mass is 344 g/mol. The standard InChI is InChI=1S/C26H18N/c1-2-12-21(13-3-1)27-25-18-17-20-10-5-7-15-23(20)26(25)24-16-8-11-19-9-4-6-14-22(19)24/h2-18,27H. The summed E-state index contributed by atoms with van der Waals surface area (Å²) in [6.07, 6.45) is 0. The number of hydrogen-bond acceptors (Lipinski definition) is 1. The number of hydrogen-bond donors (Lipinski definition) is 1. The molecule has 0 heterocycles. The number of fused-ring (bicyclic) bond motifs is 2. The first kappa shape index (κ1) is 15.7. The molecule has 0 bridgehead atoms. The zero-order chi connectivity index (χ0) is 18.1. The van der Waals surface area contributed by atoms with Crippen LogP contribution in [0.4, 0.5) is 11.4 Å². The van der Waals surface area contributed by atoms with E-state index in [9.17, 15) is 0 Å². The van der Waals surface area contributed by atoms with Crippen LogP contribution in [0.2, 0.25) is 0 Å². The minimum absolute atomic E-state index is 1.06. The van der Waals surface area contributed by atoms with E-state index in [1.54, 1.807) is 0 Å². The van der Waals surface area contributed by atoms with Crippen molar-refractivity contribution in [3.8, 4) is 11.1 Å². The van der Waals surface area contributed by atoms with E-state index < -0.39 is 0 Å². The van der Waals surface area contributed by atoms with Crippen molar-refractivity contribution in [1.29, 1.82) is 0 Å². The van der Waals surface area contributed by atoms with E-state index in [0.29, 0.717) is 0 Å². The summed E-state index contributed by atoms with van der Waals surface area (Å²) in [5.74, 6) is 0. The molecule has 5 rings (SSSR count). The second kappa shape index (κ2) is 6.62. The van der Waals surface area contributed by atoms with Crippen LogP contribution in [-0.2, 0) is 0 Å². The molecule has 0 aliphatic carbocycles. The number of benzene rings is 5. The molecule has 1 heteroatoms. The molecule has 0 spiro atoms. The lowest BCUT2D eigenvalue weighted by atomic mass is 9.92. The van der Waals surface area contributed by atoms with Crippen LogP contribution >= 0.6 is 0 Å². The Morgan fingerprint density at radius 2 is 1.22 bits per heavy atom. The lowest BCUT2D eigenvalue weighted by Gasteiger charge is -2.17. The second-order valence-electron chi connectivity index (χ2n) is 6.65. The number of nitrogens with one attached hydrogen (secondary N) is 1. The second-order valence-corrected chi connectivity index (χ2v) is 6.65. The number of rotatable bonds is 3.